The summed E-state index contributed by atoms with van der Waals surface area (Å²) >= 11 is 24.3. The van der Waals surface area contributed by atoms with Gasteiger partial charge in [0.25, 0.3) is 0 Å². The van der Waals surface area contributed by atoms with E-state index in [4.69, 9.17) is 34.8 Å². The van der Waals surface area contributed by atoms with Crippen molar-refractivity contribution in [3.63, 3.8) is 0 Å². The van der Waals surface area contributed by atoms with Crippen molar-refractivity contribution in [1.82, 2.24) is 0 Å². The number of rotatable bonds is 5. The smallest absolute Gasteiger partial charge is 0.114 e. The zero-order valence-corrected chi connectivity index (χ0v) is 13.9. The molecule has 0 saturated carbocycles. The van der Waals surface area contributed by atoms with Gasteiger partial charge in [-0.05, 0) is 13.8 Å². The summed E-state index contributed by atoms with van der Waals surface area (Å²) in [5.41, 5.74) is 1.06. The molecule has 0 amide bonds. The van der Waals surface area contributed by atoms with Gasteiger partial charge in [-0.25, -0.2) is 0 Å². The molecule has 2 atom stereocenters. The molecule has 0 heterocycles. The van der Waals surface area contributed by atoms with Gasteiger partial charge in [0.1, 0.15) is 4.84 Å². The van der Waals surface area contributed by atoms with Gasteiger partial charge in [0.2, 0.25) is 0 Å². The van der Waals surface area contributed by atoms with Crippen LogP contribution in [-0.2, 0) is 0 Å². The maximum absolute atomic E-state index is 6.15. The van der Waals surface area contributed by atoms with Crippen molar-refractivity contribution >= 4 is 66.7 Å². The topological polar surface area (TPSA) is 0 Å². The molecule has 0 bridgehead atoms. The van der Waals surface area contributed by atoms with Crippen LogP contribution in [0.1, 0.15) is 13.8 Å². The molecule has 5 heteroatoms. The first kappa shape index (κ1) is 16.3. The molecule has 0 unspecified atom stereocenters. The summed E-state index contributed by atoms with van der Waals surface area (Å²) in [5.74, 6) is 0. The van der Waals surface area contributed by atoms with E-state index in [1.54, 1.807) is 6.08 Å². The highest BCUT2D eigenvalue weighted by atomic mass is 79.9. The zero-order valence-electron chi connectivity index (χ0n) is 8.48. The Morgan fingerprint density at radius 2 is 2.00 bits per heavy atom. The van der Waals surface area contributed by atoms with Gasteiger partial charge in [0, 0.05) is 5.33 Å². The first-order valence-corrected chi connectivity index (χ1v) is 7.62. The number of hydrogen-bond acceptors (Lipinski definition) is 0. The Kier molecular flexibility index (Phi) is 8.26. The van der Waals surface area contributed by atoms with Crippen molar-refractivity contribution < 1.29 is 0 Å². The first-order valence-electron chi connectivity index (χ1n) is 4.33. The molecule has 0 aliphatic carbocycles. The normalized spacial score (nSPS) is 19.6. The van der Waals surface area contributed by atoms with Crippen molar-refractivity contribution in [2.45, 2.75) is 28.4 Å². The zero-order chi connectivity index (χ0) is 12.1. The number of allylic oxidation sites excluding steroid dienone is 4. The van der Waals surface area contributed by atoms with Crippen LogP contribution in [0, 0.1) is 0 Å². The van der Waals surface area contributed by atoms with Crippen molar-refractivity contribution in [2.75, 3.05) is 5.33 Å². The molecule has 0 fully saturated rings. The fourth-order valence-electron chi connectivity index (χ4n) is 0.772. The van der Waals surface area contributed by atoms with Gasteiger partial charge in [-0.2, -0.15) is 0 Å². The summed E-state index contributed by atoms with van der Waals surface area (Å²) in [4.78, 5) is -0.736. The Hall–Kier alpha value is 1.31. The van der Waals surface area contributed by atoms with E-state index < -0.39 is 4.84 Å². The highest BCUT2D eigenvalue weighted by Gasteiger charge is 2.15. The summed E-state index contributed by atoms with van der Waals surface area (Å²) < 4.78 is 0. The molecule has 0 aromatic carbocycles. The molecule has 15 heavy (non-hydrogen) atoms. The minimum Gasteiger partial charge on any atom is -0.114 e. The molecule has 0 aliphatic rings. The van der Waals surface area contributed by atoms with Crippen LogP contribution < -0.4 is 0 Å². The SMILES string of the molecule is C/C(=C/C(Cl)Cl)[C@@H](Br)/C=C/[C@@](C)(Cl)CBr. The standard InChI is InChI=1S/C10H13Br2Cl3/c1-7(5-9(13)14)8(12)3-4-10(2,15)6-11/h3-5,8-9H,6H2,1-2H3/b4-3+,7-5-/t8-,10+/m0/s1. The van der Waals surface area contributed by atoms with Crippen LogP contribution >= 0.6 is 66.7 Å². The van der Waals surface area contributed by atoms with Gasteiger partial charge in [0.15, 0.2) is 0 Å². The van der Waals surface area contributed by atoms with Crippen molar-refractivity contribution in [2.24, 2.45) is 0 Å². The van der Waals surface area contributed by atoms with E-state index in [0.29, 0.717) is 5.33 Å². The monoisotopic (exact) mass is 396 g/mol. The average Bonchev–Trinajstić information content (AvgIpc) is 2.13. The third-order valence-corrected chi connectivity index (χ3v) is 4.72. The molecule has 0 rings (SSSR count). The van der Waals surface area contributed by atoms with Gasteiger partial charge in [-0.1, -0.05) is 55.7 Å². The van der Waals surface area contributed by atoms with Gasteiger partial charge in [-0.15, -0.1) is 34.8 Å². The quantitative estimate of drug-likeness (QED) is 0.426. The molecular weight excluding hydrogens is 386 g/mol. The van der Waals surface area contributed by atoms with Gasteiger partial charge >= 0.3 is 0 Å². The van der Waals surface area contributed by atoms with E-state index in [-0.39, 0.29) is 9.70 Å². The van der Waals surface area contributed by atoms with Crippen molar-refractivity contribution in [3.05, 3.63) is 23.8 Å². The molecular formula is C10H13Br2Cl3. The van der Waals surface area contributed by atoms with Crippen molar-refractivity contribution in [1.29, 1.82) is 0 Å². The number of hydrogen-bond donors (Lipinski definition) is 0. The Bertz CT molecular complexity index is 247. The summed E-state index contributed by atoms with van der Waals surface area (Å²) in [6.07, 6.45) is 5.71. The first-order chi connectivity index (χ1) is 6.78. The fraction of sp³-hybridized carbons (Fsp3) is 0.600. The molecule has 0 saturated heterocycles. The second kappa shape index (κ2) is 7.60. The predicted octanol–water partition coefficient (Wildman–Crippen LogP) is 5.45. The largest absolute Gasteiger partial charge is 0.126 e. The Balaban J connectivity index is 4.43. The van der Waals surface area contributed by atoms with Crippen molar-refractivity contribution in [3.8, 4) is 0 Å². The minimum absolute atomic E-state index is 0.106. The van der Waals surface area contributed by atoms with E-state index in [9.17, 15) is 0 Å². The highest BCUT2D eigenvalue weighted by Crippen LogP contribution is 2.22. The Morgan fingerprint density at radius 1 is 1.47 bits per heavy atom. The summed E-state index contributed by atoms with van der Waals surface area (Å²) in [7, 11) is 0. The van der Waals surface area contributed by atoms with Crippen LogP contribution in [0.2, 0.25) is 0 Å². The maximum Gasteiger partial charge on any atom is 0.126 e. The maximum atomic E-state index is 6.15. The van der Waals surface area contributed by atoms with Crippen LogP contribution in [0.5, 0.6) is 0 Å². The molecule has 0 spiro atoms. The fourth-order valence-corrected chi connectivity index (χ4v) is 1.73. The molecule has 0 aliphatic heterocycles. The molecule has 0 aromatic heterocycles. The second-order valence-corrected chi connectivity index (χ2v) is 6.99. The van der Waals surface area contributed by atoms with Gasteiger partial charge in [-0.3, -0.25) is 0 Å². The number of alkyl halides is 5. The lowest BCUT2D eigenvalue weighted by molar-refractivity contribution is 0.899. The Labute approximate surface area is 123 Å². The van der Waals surface area contributed by atoms with Crippen LogP contribution in [0.3, 0.4) is 0 Å². The third-order valence-electron chi connectivity index (χ3n) is 1.70. The number of halogens is 5. The lowest BCUT2D eigenvalue weighted by Crippen LogP contribution is -2.14. The van der Waals surface area contributed by atoms with E-state index in [1.165, 1.54) is 0 Å². The predicted molar refractivity (Wildman–Crippen MR) is 79.2 cm³/mol. The average molecular weight is 399 g/mol. The summed E-state index contributed by atoms with van der Waals surface area (Å²) in [5, 5.41) is 0.703. The van der Waals surface area contributed by atoms with E-state index in [2.05, 4.69) is 31.9 Å². The third kappa shape index (κ3) is 8.09. The molecule has 0 N–H and O–H groups in total. The lowest BCUT2D eigenvalue weighted by Gasteiger charge is -2.14. The summed E-state index contributed by atoms with van der Waals surface area (Å²) in [6, 6.07) is 0. The lowest BCUT2D eigenvalue weighted by atomic mass is 10.1. The Morgan fingerprint density at radius 3 is 2.40 bits per heavy atom. The summed E-state index contributed by atoms with van der Waals surface area (Å²) in [6.45, 7) is 3.89. The van der Waals surface area contributed by atoms with Gasteiger partial charge in [0.05, 0.1) is 9.70 Å². The van der Waals surface area contributed by atoms with Crippen LogP contribution in [0.25, 0.3) is 0 Å². The van der Waals surface area contributed by atoms with Crippen LogP contribution in [0.4, 0.5) is 0 Å². The molecule has 0 radical (unpaired) electrons. The minimum atomic E-state index is -0.475. The molecule has 0 nitrogen and oxygen atoms in total. The highest BCUT2D eigenvalue weighted by molar-refractivity contribution is 9.09. The van der Waals surface area contributed by atoms with E-state index >= 15 is 0 Å². The van der Waals surface area contributed by atoms with Crippen LogP contribution in [-0.4, -0.2) is 19.9 Å². The second-order valence-electron chi connectivity index (χ2n) is 3.42. The van der Waals surface area contributed by atoms with Crippen LogP contribution in [0.15, 0.2) is 23.8 Å². The molecule has 0 aromatic rings. The molecule has 88 valence electrons. The van der Waals surface area contributed by atoms with E-state index in [1.807, 2.05) is 26.0 Å². The van der Waals surface area contributed by atoms with Gasteiger partial charge < -0.3 is 0 Å². The van der Waals surface area contributed by atoms with E-state index in [0.717, 1.165) is 5.57 Å².